The van der Waals surface area contributed by atoms with E-state index in [0.717, 1.165) is 30.8 Å². The number of aryl methyl sites for hydroxylation is 1. The Morgan fingerprint density at radius 1 is 1.14 bits per heavy atom. The number of aromatic amines is 1. The molecule has 0 saturated carbocycles. The topological polar surface area (TPSA) is 103 Å². The summed E-state index contributed by atoms with van der Waals surface area (Å²) < 4.78 is 4.85. The zero-order valence-electron chi connectivity index (χ0n) is 23.0. The smallest absolute Gasteiger partial charge is 0.354 e. The second-order valence-electron chi connectivity index (χ2n) is 9.81. The van der Waals surface area contributed by atoms with Crippen molar-refractivity contribution in [3.05, 3.63) is 63.5 Å². The van der Waals surface area contributed by atoms with Gasteiger partial charge in [0.15, 0.2) is 0 Å². The number of amides is 1. The van der Waals surface area contributed by atoms with E-state index in [9.17, 15) is 19.5 Å². The molecule has 1 amide bonds. The molecule has 200 valence electrons. The van der Waals surface area contributed by atoms with Gasteiger partial charge in [-0.25, -0.2) is 4.79 Å². The van der Waals surface area contributed by atoms with Gasteiger partial charge >= 0.3 is 5.97 Å². The summed E-state index contributed by atoms with van der Waals surface area (Å²) in [6, 6.07) is 7.12. The van der Waals surface area contributed by atoms with Crippen LogP contribution in [0.5, 0.6) is 0 Å². The van der Waals surface area contributed by atoms with E-state index in [0.29, 0.717) is 35.7 Å². The van der Waals surface area contributed by atoms with E-state index >= 15 is 0 Å². The molecule has 1 aliphatic heterocycles. The fraction of sp³-hybridized carbons (Fsp3) is 0.483. The van der Waals surface area contributed by atoms with Crippen LogP contribution in [0.1, 0.15) is 84.5 Å². The van der Waals surface area contributed by atoms with Crippen molar-refractivity contribution in [3.63, 3.8) is 0 Å². The molecule has 0 spiro atoms. The van der Waals surface area contributed by atoms with Gasteiger partial charge in [0, 0.05) is 17.8 Å². The van der Waals surface area contributed by atoms with Gasteiger partial charge < -0.3 is 24.6 Å². The standard InChI is InChI=1S/C29H39N3O5/c1-8-31(9-2)15-10-16-32-25(21-13-11-20(12-14-21)17(3)4)23(27(34)28(32)35)26(33)22-18(5)24(29(36)37-7)30-19(22)6/h11-14,17,25,30,33H,8-10,15-16H2,1-7H3/b26-23+/t25-/m0/s1. The van der Waals surface area contributed by atoms with Crippen molar-refractivity contribution >= 4 is 23.4 Å². The van der Waals surface area contributed by atoms with E-state index in [1.54, 1.807) is 18.7 Å². The number of esters is 1. The quantitative estimate of drug-likeness (QED) is 0.208. The summed E-state index contributed by atoms with van der Waals surface area (Å²) in [6.07, 6.45) is 0.698. The zero-order chi connectivity index (χ0) is 27.4. The summed E-state index contributed by atoms with van der Waals surface area (Å²) in [5, 5.41) is 11.5. The number of aliphatic hydroxyl groups excluding tert-OH is 1. The number of nitrogens with one attached hydrogen (secondary N) is 1. The second kappa shape index (κ2) is 11.8. The summed E-state index contributed by atoms with van der Waals surface area (Å²) in [5.41, 5.74) is 3.44. The van der Waals surface area contributed by atoms with Gasteiger partial charge in [0.1, 0.15) is 11.5 Å². The molecule has 1 atom stereocenters. The van der Waals surface area contributed by atoms with Gasteiger partial charge in [-0.3, -0.25) is 9.59 Å². The molecule has 2 N–H and O–H groups in total. The molecule has 3 rings (SSSR count). The van der Waals surface area contributed by atoms with Crippen LogP contribution < -0.4 is 0 Å². The Balaban J connectivity index is 2.13. The fourth-order valence-corrected chi connectivity index (χ4v) is 5.07. The number of benzene rings is 1. The number of carbonyl (C=O) groups is 3. The van der Waals surface area contributed by atoms with Gasteiger partial charge in [0.05, 0.1) is 18.7 Å². The first-order chi connectivity index (χ1) is 17.6. The molecule has 1 aromatic carbocycles. The highest BCUT2D eigenvalue weighted by Gasteiger charge is 2.46. The molecule has 0 unspecified atom stereocenters. The Kier molecular flexibility index (Phi) is 8.97. The molecule has 1 aromatic heterocycles. The fourth-order valence-electron chi connectivity index (χ4n) is 5.07. The lowest BCUT2D eigenvalue weighted by molar-refractivity contribution is -0.140. The van der Waals surface area contributed by atoms with E-state index in [-0.39, 0.29) is 17.0 Å². The molecule has 0 bridgehead atoms. The molecule has 0 aliphatic carbocycles. The van der Waals surface area contributed by atoms with Crippen LogP contribution in [0.15, 0.2) is 29.8 Å². The summed E-state index contributed by atoms with van der Waals surface area (Å²) in [4.78, 5) is 45.7. The third kappa shape index (κ3) is 5.49. The van der Waals surface area contributed by atoms with Crippen LogP contribution >= 0.6 is 0 Å². The van der Waals surface area contributed by atoms with E-state index in [1.165, 1.54) is 7.11 Å². The SMILES string of the molecule is CCN(CC)CCCN1C(=O)C(=O)/C(=C(/O)c2c(C)[nH]c(C(=O)OC)c2C)[C@@H]1c1ccc(C(C)C)cc1. The zero-order valence-corrected chi connectivity index (χ0v) is 23.0. The predicted molar refractivity (Wildman–Crippen MR) is 144 cm³/mol. The van der Waals surface area contributed by atoms with Gasteiger partial charge in [0.2, 0.25) is 0 Å². The molecule has 2 heterocycles. The average molecular weight is 510 g/mol. The monoisotopic (exact) mass is 509 g/mol. The van der Waals surface area contributed by atoms with Crippen LogP contribution in [0.3, 0.4) is 0 Å². The maximum atomic E-state index is 13.4. The summed E-state index contributed by atoms with van der Waals surface area (Å²) in [7, 11) is 1.28. The van der Waals surface area contributed by atoms with Gasteiger partial charge in [-0.2, -0.15) is 0 Å². The molecule has 1 saturated heterocycles. The summed E-state index contributed by atoms with van der Waals surface area (Å²) in [6.45, 7) is 14.8. The molecule has 37 heavy (non-hydrogen) atoms. The van der Waals surface area contributed by atoms with Crippen LogP contribution in [-0.4, -0.2) is 70.8 Å². The van der Waals surface area contributed by atoms with Crippen molar-refractivity contribution in [1.82, 2.24) is 14.8 Å². The Hall–Kier alpha value is -3.39. The number of hydrogen-bond acceptors (Lipinski definition) is 6. The number of methoxy groups -OCH3 is 1. The van der Waals surface area contributed by atoms with E-state index in [1.807, 2.05) is 24.3 Å². The maximum absolute atomic E-state index is 13.4. The number of ether oxygens (including phenoxy) is 1. The largest absolute Gasteiger partial charge is 0.507 e. The molecule has 8 nitrogen and oxygen atoms in total. The molecule has 1 aliphatic rings. The van der Waals surface area contributed by atoms with Gasteiger partial charge in [-0.05, 0) is 62.5 Å². The highest BCUT2D eigenvalue weighted by atomic mass is 16.5. The first kappa shape index (κ1) is 28.2. The number of Topliss-reactive ketones (excluding diaryl/α,β-unsaturated/α-hetero) is 1. The van der Waals surface area contributed by atoms with Crippen LogP contribution in [-0.2, 0) is 14.3 Å². The summed E-state index contributed by atoms with van der Waals surface area (Å²) >= 11 is 0. The number of aromatic nitrogens is 1. The molecular formula is C29H39N3O5. The molecule has 1 fully saturated rings. The van der Waals surface area contributed by atoms with Crippen molar-refractivity contribution in [2.24, 2.45) is 0 Å². The number of likely N-dealkylation sites (tertiary alicyclic amines) is 1. The highest BCUT2D eigenvalue weighted by Crippen LogP contribution is 2.41. The van der Waals surface area contributed by atoms with Gasteiger partial charge in [-0.1, -0.05) is 52.0 Å². The predicted octanol–water partition coefficient (Wildman–Crippen LogP) is 4.70. The van der Waals surface area contributed by atoms with Crippen LogP contribution in [0.2, 0.25) is 0 Å². The number of hydrogen-bond donors (Lipinski definition) is 2. The number of H-pyrrole nitrogens is 1. The van der Waals surface area contributed by atoms with Crippen LogP contribution in [0, 0.1) is 13.8 Å². The van der Waals surface area contributed by atoms with Crippen molar-refractivity contribution in [2.45, 2.75) is 59.9 Å². The Morgan fingerprint density at radius 3 is 2.30 bits per heavy atom. The minimum absolute atomic E-state index is 0.0340. The lowest BCUT2D eigenvalue weighted by Gasteiger charge is -2.27. The Labute approximate surface area is 219 Å². The van der Waals surface area contributed by atoms with Crippen LogP contribution in [0.4, 0.5) is 0 Å². The first-order valence-corrected chi connectivity index (χ1v) is 13.0. The minimum Gasteiger partial charge on any atom is -0.507 e. The van der Waals surface area contributed by atoms with Gasteiger partial charge in [-0.15, -0.1) is 0 Å². The lowest BCUT2D eigenvalue weighted by atomic mass is 9.92. The normalized spacial score (nSPS) is 17.3. The van der Waals surface area contributed by atoms with E-state index in [2.05, 4.69) is 37.6 Å². The molecule has 2 aromatic rings. The van der Waals surface area contributed by atoms with Crippen molar-refractivity contribution < 1.29 is 24.2 Å². The Morgan fingerprint density at radius 2 is 1.76 bits per heavy atom. The first-order valence-electron chi connectivity index (χ1n) is 13.0. The molecule has 8 heteroatoms. The minimum atomic E-state index is -0.729. The molecule has 0 radical (unpaired) electrons. The van der Waals surface area contributed by atoms with Gasteiger partial charge in [0.25, 0.3) is 11.7 Å². The maximum Gasteiger partial charge on any atom is 0.354 e. The Bertz CT molecular complexity index is 1190. The summed E-state index contributed by atoms with van der Waals surface area (Å²) in [5.74, 6) is -1.88. The third-order valence-corrected chi connectivity index (χ3v) is 7.29. The van der Waals surface area contributed by atoms with Crippen molar-refractivity contribution in [2.75, 3.05) is 33.3 Å². The second-order valence-corrected chi connectivity index (χ2v) is 9.81. The molecular weight excluding hydrogens is 470 g/mol. The van der Waals surface area contributed by atoms with Crippen molar-refractivity contribution in [3.8, 4) is 0 Å². The van der Waals surface area contributed by atoms with Crippen LogP contribution in [0.25, 0.3) is 5.76 Å². The van der Waals surface area contributed by atoms with Crippen molar-refractivity contribution in [1.29, 1.82) is 0 Å². The number of carbonyl (C=O) groups excluding carboxylic acids is 3. The lowest BCUT2D eigenvalue weighted by Crippen LogP contribution is -2.33. The number of nitrogens with zero attached hydrogens (tertiary/aromatic N) is 2. The third-order valence-electron chi connectivity index (χ3n) is 7.29. The number of rotatable bonds is 10. The van der Waals surface area contributed by atoms with E-state index in [4.69, 9.17) is 4.74 Å². The average Bonchev–Trinajstić information content (AvgIpc) is 3.32. The number of aliphatic hydroxyl groups is 1. The van der Waals surface area contributed by atoms with E-state index < -0.39 is 23.7 Å². The number of ketones is 1. The highest BCUT2D eigenvalue weighted by molar-refractivity contribution is 6.46.